The lowest BCUT2D eigenvalue weighted by Gasteiger charge is -2.36. The van der Waals surface area contributed by atoms with Crippen LogP contribution in [0.15, 0.2) is 48.5 Å². The molecular weight excluding hydrogens is 426 g/mol. The van der Waals surface area contributed by atoms with Gasteiger partial charge in [-0.1, -0.05) is 31.2 Å². The van der Waals surface area contributed by atoms with E-state index in [2.05, 4.69) is 40.3 Å². The van der Waals surface area contributed by atoms with E-state index in [0.717, 1.165) is 60.3 Å². The first kappa shape index (κ1) is 23.5. The molecule has 2 amide bonds. The normalized spacial score (nSPS) is 13.6. The van der Waals surface area contributed by atoms with Crippen molar-refractivity contribution in [2.45, 2.75) is 33.6 Å². The third-order valence-electron chi connectivity index (χ3n) is 6.30. The Labute approximate surface area is 201 Å². The number of aromatic nitrogens is 2. The average Bonchev–Trinajstić information content (AvgIpc) is 2.86. The van der Waals surface area contributed by atoms with Gasteiger partial charge in [-0.2, -0.15) is 0 Å². The van der Waals surface area contributed by atoms with Gasteiger partial charge in [-0.3, -0.25) is 0 Å². The van der Waals surface area contributed by atoms with Crippen LogP contribution in [0.5, 0.6) is 5.75 Å². The monoisotopic (exact) mass is 459 g/mol. The van der Waals surface area contributed by atoms with E-state index in [1.807, 2.05) is 49.1 Å². The molecule has 1 fully saturated rings. The highest BCUT2D eigenvalue weighted by Crippen LogP contribution is 2.26. The molecule has 1 aliphatic rings. The molecule has 1 aliphatic heterocycles. The maximum absolute atomic E-state index is 12.8. The van der Waals surface area contributed by atoms with Gasteiger partial charge in [0, 0.05) is 49.5 Å². The number of ether oxygens (including phenoxy) is 1. The van der Waals surface area contributed by atoms with Crippen molar-refractivity contribution < 1.29 is 9.53 Å². The zero-order valence-electron chi connectivity index (χ0n) is 20.5. The van der Waals surface area contributed by atoms with Crippen LogP contribution in [0.3, 0.4) is 0 Å². The Morgan fingerprint density at radius 3 is 2.41 bits per heavy atom. The Morgan fingerprint density at radius 1 is 1.00 bits per heavy atom. The number of methoxy groups -OCH3 is 1. The van der Waals surface area contributed by atoms with Crippen molar-refractivity contribution in [3.05, 3.63) is 76.7 Å². The molecule has 0 radical (unpaired) electrons. The molecule has 2 heterocycles. The summed E-state index contributed by atoms with van der Waals surface area (Å²) >= 11 is 0. The lowest BCUT2D eigenvalue weighted by atomic mass is 10.0. The van der Waals surface area contributed by atoms with Gasteiger partial charge in [-0.15, -0.1) is 0 Å². The summed E-state index contributed by atoms with van der Waals surface area (Å²) in [6.07, 6.45) is 1.69. The third kappa shape index (κ3) is 5.47. The quantitative estimate of drug-likeness (QED) is 0.583. The molecule has 0 spiro atoms. The molecule has 3 aromatic rings. The van der Waals surface area contributed by atoms with Crippen LogP contribution in [0, 0.1) is 13.8 Å². The van der Waals surface area contributed by atoms with E-state index >= 15 is 0 Å². The minimum atomic E-state index is -0.0543. The van der Waals surface area contributed by atoms with Gasteiger partial charge in [0.1, 0.15) is 17.4 Å². The minimum Gasteiger partial charge on any atom is -0.497 e. The van der Waals surface area contributed by atoms with Crippen molar-refractivity contribution in [2.24, 2.45) is 0 Å². The van der Waals surface area contributed by atoms with Crippen LogP contribution in [0.25, 0.3) is 0 Å². The number of nitrogens with one attached hydrogen (secondary N) is 1. The number of rotatable bonds is 6. The number of urea groups is 1. The molecule has 0 saturated carbocycles. The summed E-state index contributed by atoms with van der Waals surface area (Å²) in [6, 6.07) is 16.1. The molecule has 1 N–H and O–H groups in total. The molecule has 0 unspecified atom stereocenters. The second-order valence-corrected chi connectivity index (χ2v) is 8.64. The molecule has 7 nitrogen and oxygen atoms in total. The molecule has 0 aliphatic carbocycles. The van der Waals surface area contributed by atoms with Crippen molar-refractivity contribution in [3.63, 3.8) is 0 Å². The standard InChI is InChI=1S/C27H33N5O2/c1-5-21-7-6-8-23(17-21)30-27(33)32-15-13-31(14-16-32)26-25(19(2)28-20(3)29-26)18-22-9-11-24(34-4)12-10-22/h6-12,17H,5,13-16,18H2,1-4H3,(H,30,33). The van der Waals surface area contributed by atoms with E-state index < -0.39 is 0 Å². The summed E-state index contributed by atoms with van der Waals surface area (Å²) < 4.78 is 5.29. The van der Waals surface area contributed by atoms with Gasteiger partial charge >= 0.3 is 6.03 Å². The van der Waals surface area contributed by atoms with Crippen LogP contribution in [0.2, 0.25) is 0 Å². The van der Waals surface area contributed by atoms with E-state index in [4.69, 9.17) is 9.72 Å². The minimum absolute atomic E-state index is 0.0543. The number of benzene rings is 2. The molecular formula is C27H33N5O2. The second kappa shape index (κ2) is 10.5. The molecule has 1 aromatic heterocycles. The highest BCUT2D eigenvalue weighted by molar-refractivity contribution is 5.89. The molecule has 0 bridgehead atoms. The molecule has 4 rings (SSSR count). The number of anilines is 2. The summed E-state index contributed by atoms with van der Waals surface area (Å²) in [5.74, 6) is 2.58. The molecule has 0 atom stereocenters. The summed E-state index contributed by atoms with van der Waals surface area (Å²) in [4.78, 5) is 26.4. The number of carbonyl (C=O) groups excluding carboxylic acids is 1. The highest BCUT2D eigenvalue weighted by atomic mass is 16.5. The number of nitrogens with zero attached hydrogens (tertiary/aromatic N) is 4. The van der Waals surface area contributed by atoms with Crippen molar-refractivity contribution in [3.8, 4) is 5.75 Å². The van der Waals surface area contributed by atoms with E-state index in [1.54, 1.807) is 7.11 Å². The maximum atomic E-state index is 12.8. The summed E-state index contributed by atoms with van der Waals surface area (Å²) in [5, 5.41) is 3.05. The zero-order valence-corrected chi connectivity index (χ0v) is 20.5. The fourth-order valence-electron chi connectivity index (χ4n) is 4.33. The number of aryl methyl sites for hydroxylation is 3. The van der Waals surface area contributed by atoms with Crippen molar-refractivity contribution in [2.75, 3.05) is 43.5 Å². The fraction of sp³-hybridized carbons (Fsp3) is 0.370. The van der Waals surface area contributed by atoms with Crippen LogP contribution in [-0.4, -0.2) is 54.2 Å². The third-order valence-corrected chi connectivity index (χ3v) is 6.30. The first-order chi connectivity index (χ1) is 16.5. The fourth-order valence-corrected chi connectivity index (χ4v) is 4.33. The lowest BCUT2D eigenvalue weighted by Crippen LogP contribution is -2.50. The Morgan fingerprint density at radius 2 is 1.74 bits per heavy atom. The van der Waals surface area contributed by atoms with Crippen molar-refractivity contribution in [1.29, 1.82) is 0 Å². The van der Waals surface area contributed by atoms with Gasteiger partial charge in [0.25, 0.3) is 0 Å². The summed E-state index contributed by atoms with van der Waals surface area (Å²) in [5.41, 5.74) is 5.36. The Kier molecular flexibility index (Phi) is 7.30. The van der Waals surface area contributed by atoms with Gasteiger partial charge in [-0.05, 0) is 55.7 Å². The van der Waals surface area contributed by atoms with Crippen LogP contribution in [-0.2, 0) is 12.8 Å². The highest BCUT2D eigenvalue weighted by Gasteiger charge is 2.25. The number of piperazine rings is 1. The Bertz CT molecular complexity index is 1140. The lowest BCUT2D eigenvalue weighted by molar-refractivity contribution is 0.208. The smallest absolute Gasteiger partial charge is 0.321 e. The Hall–Kier alpha value is -3.61. The molecule has 7 heteroatoms. The van der Waals surface area contributed by atoms with Crippen LogP contribution in [0.4, 0.5) is 16.3 Å². The van der Waals surface area contributed by atoms with Gasteiger partial charge in [-0.25, -0.2) is 14.8 Å². The number of carbonyl (C=O) groups is 1. The topological polar surface area (TPSA) is 70.6 Å². The first-order valence-electron chi connectivity index (χ1n) is 11.8. The van der Waals surface area contributed by atoms with Crippen molar-refractivity contribution >= 4 is 17.5 Å². The SMILES string of the molecule is CCc1cccc(NC(=O)N2CCN(c3nc(C)nc(C)c3Cc3ccc(OC)cc3)CC2)c1. The predicted molar refractivity (Wildman–Crippen MR) is 136 cm³/mol. The second-order valence-electron chi connectivity index (χ2n) is 8.64. The largest absolute Gasteiger partial charge is 0.497 e. The van der Waals surface area contributed by atoms with Crippen molar-refractivity contribution in [1.82, 2.24) is 14.9 Å². The number of hydrogen-bond acceptors (Lipinski definition) is 5. The van der Waals surface area contributed by atoms with E-state index in [0.29, 0.717) is 13.1 Å². The molecule has 34 heavy (non-hydrogen) atoms. The summed E-state index contributed by atoms with van der Waals surface area (Å²) in [7, 11) is 1.67. The maximum Gasteiger partial charge on any atom is 0.321 e. The van der Waals surface area contributed by atoms with Gasteiger partial charge in [0.05, 0.1) is 7.11 Å². The number of hydrogen-bond donors (Lipinski definition) is 1. The van der Waals surface area contributed by atoms with Gasteiger partial charge < -0.3 is 19.9 Å². The summed E-state index contributed by atoms with van der Waals surface area (Å²) in [6.45, 7) is 8.83. The van der Waals surface area contributed by atoms with E-state index in [9.17, 15) is 4.79 Å². The Balaban J connectivity index is 1.45. The zero-order chi connectivity index (χ0) is 24.1. The number of amides is 2. The van der Waals surface area contributed by atoms with Gasteiger partial charge in [0.2, 0.25) is 0 Å². The molecule has 178 valence electrons. The van der Waals surface area contributed by atoms with E-state index in [1.165, 1.54) is 11.1 Å². The van der Waals surface area contributed by atoms with Crippen LogP contribution >= 0.6 is 0 Å². The molecule has 1 saturated heterocycles. The molecule has 2 aromatic carbocycles. The van der Waals surface area contributed by atoms with Gasteiger partial charge in [0.15, 0.2) is 0 Å². The first-order valence-corrected chi connectivity index (χ1v) is 11.8. The van der Waals surface area contributed by atoms with Crippen LogP contribution < -0.4 is 15.0 Å². The van der Waals surface area contributed by atoms with Crippen LogP contribution in [0.1, 0.15) is 35.1 Å². The van der Waals surface area contributed by atoms with E-state index in [-0.39, 0.29) is 6.03 Å². The average molecular weight is 460 g/mol. The predicted octanol–water partition coefficient (Wildman–Crippen LogP) is 4.61.